The predicted octanol–water partition coefficient (Wildman–Crippen LogP) is 4.85. The highest BCUT2D eigenvalue weighted by atomic mass is 35.5. The van der Waals surface area contributed by atoms with E-state index in [4.69, 9.17) is 16.3 Å². The first-order chi connectivity index (χ1) is 12.1. The normalized spacial score (nSPS) is 12.4. The summed E-state index contributed by atoms with van der Waals surface area (Å²) in [7, 11) is 0. The standard InChI is InChI=1S/C18H15ClF3NO3/c1-10-3-5-12(6-4-10)17(25)26-11(2)16(24)23-15-9-13(18(20,21)22)7-8-14(15)19/h3-9,11H,1-2H3,(H,23,24)/t11-/m1/s1. The number of halogens is 4. The van der Waals surface area contributed by atoms with Crippen LogP contribution >= 0.6 is 11.6 Å². The summed E-state index contributed by atoms with van der Waals surface area (Å²) in [5.41, 5.74) is 0.0325. The summed E-state index contributed by atoms with van der Waals surface area (Å²) in [6.07, 6.45) is -5.80. The zero-order valence-corrected chi connectivity index (χ0v) is 14.6. The maximum absolute atomic E-state index is 12.8. The van der Waals surface area contributed by atoms with Gasteiger partial charge in [0.25, 0.3) is 5.91 Å². The van der Waals surface area contributed by atoms with Gasteiger partial charge in [0.1, 0.15) is 0 Å². The predicted molar refractivity (Wildman–Crippen MR) is 91.1 cm³/mol. The van der Waals surface area contributed by atoms with Gasteiger partial charge in [-0.2, -0.15) is 13.2 Å². The number of hydrogen-bond donors (Lipinski definition) is 1. The van der Waals surface area contributed by atoms with Gasteiger partial charge in [-0.3, -0.25) is 4.79 Å². The quantitative estimate of drug-likeness (QED) is 0.765. The van der Waals surface area contributed by atoms with Crippen LogP contribution < -0.4 is 5.32 Å². The Morgan fingerprint density at radius 2 is 1.73 bits per heavy atom. The van der Waals surface area contributed by atoms with Crippen molar-refractivity contribution in [1.82, 2.24) is 0 Å². The molecule has 0 aliphatic carbocycles. The van der Waals surface area contributed by atoms with Crippen LogP contribution in [0.2, 0.25) is 5.02 Å². The van der Waals surface area contributed by atoms with Gasteiger partial charge in [0.15, 0.2) is 6.10 Å². The molecule has 8 heteroatoms. The maximum atomic E-state index is 12.8. The van der Waals surface area contributed by atoms with E-state index in [1.54, 1.807) is 24.3 Å². The van der Waals surface area contributed by atoms with E-state index < -0.39 is 29.7 Å². The third-order valence-corrected chi connectivity index (χ3v) is 3.82. The van der Waals surface area contributed by atoms with Crippen LogP contribution in [0.15, 0.2) is 42.5 Å². The molecule has 2 aromatic carbocycles. The lowest BCUT2D eigenvalue weighted by atomic mass is 10.1. The van der Waals surface area contributed by atoms with Crippen LogP contribution in [0.5, 0.6) is 0 Å². The highest BCUT2D eigenvalue weighted by Crippen LogP contribution is 2.33. The van der Waals surface area contributed by atoms with Crippen LogP contribution in [-0.4, -0.2) is 18.0 Å². The summed E-state index contributed by atoms with van der Waals surface area (Å²) >= 11 is 5.82. The Morgan fingerprint density at radius 3 is 2.31 bits per heavy atom. The number of hydrogen-bond acceptors (Lipinski definition) is 3. The molecule has 0 saturated heterocycles. The van der Waals surface area contributed by atoms with Gasteiger partial charge in [0.2, 0.25) is 0 Å². The molecule has 0 aliphatic heterocycles. The molecule has 0 fully saturated rings. The van der Waals surface area contributed by atoms with E-state index in [9.17, 15) is 22.8 Å². The summed E-state index contributed by atoms with van der Waals surface area (Å²) in [6.45, 7) is 3.16. The van der Waals surface area contributed by atoms with Crippen LogP contribution in [-0.2, 0) is 15.7 Å². The van der Waals surface area contributed by atoms with E-state index in [-0.39, 0.29) is 16.3 Å². The first kappa shape index (κ1) is 19.8. The number of alkyl halides is 3. The van der Waals surface area contributed by atoms with E-state index in [0.29, 0.717) is 0 Å². The summed E-state index contributed by atoms with van der Waals surface area (Å²) in [4.78, 5) is 24.1. The SMILES string of the molecule is Cc1ccc(C(=O)O[C@H](C)C(=O)Nc2cc(C(F)(F)F)ccc2Cl)cc1. The van der Waals surface area contributed by atoms with Crippen molar-refractivity contribution >= 4 is 29.2 Å². The summed E-state index contributed by atoms with van der Waals surface area (Å²) in [5.74, 6) is -1.52. The minimum absolute atomic E-state index is 0.0663. The van der Waals surface area contributed by atoms with Crippen LogP contribution in [0, 0.1) is 6.92 Å². The molecule has 0 radical (unpaired) electrons. The number of benzene rings is 2. The molecular formula is C18H15ClF3NO3. The number of aryl methyl sites for hydroxylation is 1. The Labute approximate surface area is 152 Å². The molecule has 138 valence electrons. The fraction of sp³-hybridized carbons (Fsp3) is 0.222. The molecule has 0 unspecified atom stereocenters. The highest BCUT2D eigenvalue weighted by molar-refractivity contribution is 6.33. The second-order valence-corrected chi connectivity index (χ2v) is 6.00. The van der Waals surface area contributed by atoms with Gasteiger partial charge in [-0.1, -0.05) is 29.3 Å². The van der Waals surface area contributed by atoms with Gasteiger partial charge >= 0.3 is 12.1 Å². The molecule has 1 amide bonds. The van der Waals surface area contributed by atoms with Crippen molar-refractivity contribution in [2.75, 3.05) is 5.32 Å². The van der Waals surface area contributed by atoms with E-state index in [1.807, 2.05) is 6.92 Å². The highest BCUT2D eigenvalue weighted by Gasteiger charge is 2.31. The van der Waals surface area contributed by atoms with Crippen molar-refractivity contribution in [2.45, 2.75) is 26.1 Å². The molecule has 26 heavy (non-hydrogen) atoms. The van der Waals surface area contributed by atoms with Crippen molar-refractivity contribution in [1.29, 1.82) is 0 Å². The molecule has 0 aliphatic rings. The zero-order valence-electron chi connectivity index (χ0n) is 13.9. The Balaban J connectivity index is 2.07. The van der Waals surface area contributed by atoms with Crippen LogP contribution in [0.25, 0.3) is 0 Å². The maximum Gasteiger partial charge on any atom is 0.416 e. The molecule has 0 heterocycles. The van der Waals surface area contributed by atoms with Crippen molar-refractivity contribution in [3.63, 3.8) is 0 Å². The number of amides is 1. The Kier molecular flexibility index (Phi) is 5.92. The van der Waals surface area contributed by atoms with Gasteiger partial charge in [-0.05, 0) is 44.2 Å². The number of carbonyl (C=O) groups excluding carboxylic acids is 2. The molecule has 1 atom stereocenters. The first-order valence-electron chi connectivity index (χ1n) is 7.53. The lowest BCUT2D eigenvalue weighted by molar-refractivity contribution is -0.137. The molecule has 0 aromatic heterocycles. The molecule has 1 N–H and O–H groups in total. The Morgan fingerprint density at radius 1 is 1.12 bits per heavy atom. The first-order valence-corrected chi connectivity index (χ1v) is 7.91. The summed E-state index contributed by atoms with van der Waals surface area (Å²) in [6, 6.07) is 9.07. The minimum atomic E-state index is -4.58. The van der Waals surface area contributed by atoms with Gasteiger partial charge < -0.3 is 10.1 Å². The van der Waals surface area contributed by atoms with E-state index in [2.05, 4.69) is 5.32 Å². The van der Waals surface area contributed by atoms with Crippen molar-refractivity contribution in [2.24, 2.45) is 0 Å². The van der Waals surface area contributed by atoms with Crippen molar-refractivity contribution in [3.8, 4) is 0 Å². The number of rotatable bonds is 4. The van der Waals surface area contributed by atoms with Gasteiger partial charge in [-0.25, -0.2) is 4.79 Å². The van der Waals surface area contributed by atoms with Gasteiger partial charge in [-0.15, -0.1) is 0 Å². The fourth-order valence-corrected chi connectivity index (χ4v) is 2.17. The number of carbonyl (C=O) groups is 2. The molecule has 2 rings (SSSR count). The Bertz CT molecular complexity index is 819. The van der Waals surface area contributed by atoms with Crippen molar-refractivity contribution in [3.05, 3.63) is 64.2 Å². The molecule has 0 saturated carbocycles. The largest absolute Gasteiger partial charge is 0.449 e. The minimum Gasteiger partial charge on any atom is -0.449 e. The van der Waals surface area contributed by atoms with Crippen LogP contribution in [0.3, 0.4) is 0 Å². The lowest BCUT2D eigenvalue weighted by Gasteiger charge is -2.15. The van der Waals surface area contributed by atoms with E-state index >= 15 is 0 Å². The second kappa shape index (κ2) is 7.78. The molecule has 2 aromatic rings. The fourth-order valence-electron chi connectivity index (χ4n) is 2.00. The third-order valence-electron chi connectivity index (χ3n) is 3.49. The summed E-state index contributed by atoms with van der Waals surface area (Å²) < 4.78 is 43.3. The summed E-state index contributed by atoms with van der Waals surface area (Å²) in [5, 5.41) is 2.17. The smallest absolute Gasteiger partial charge is 0.416 e. The number of nitrogens with one attached hydrogen (secondary N) is 1. The van der Waals surface area contributed by atoms with E-state index in [0.717, 1.165) is 23.8 Å². The van der Waals surface area contributed by atoms with Crippen molar-refractivity contribution < 1.29 is 27.5 Å². The molecule has 0 bridgehead atoms. The van der Waals surface area contributed by atoms with Gasteiger partial charge in [0.05, 0.1) is 21.8 Å². The van der Waals surface area contributed by atoms with Crippen LogP contribution in [0.4, 0.5) is 18.9 Å². The molecule has 0 spiro atoms. The van der Waals surface area contributed by atoms with Crippen LogP contribution in [0.1, 0.15) is 28.4 Å². The lowest BCUT2D eigenvalue weighted by Crippen LogP contribution is -2.30. The topological polar surface area (TPSA) is 55.4 Å². The number of ether oxygens (including phenoxy) is 1. The average molecular weight is 386 g/mol. The monoisotopic (exact) mass is 385 g/mol. The number of esters is 1. The van der Waals surface area contributed by atoms with E-state index in [1.165, 1.54) is 6.92 Å². The van der Waals surface area contributed by atoms with Gasteiger partial charge in [0, 0.05) is 0 Å². The molecule has 4 nitrogen and oxygen atoms in total. The number of anilines is 1. The zero-order chi connectivity index (χ0) is 19.5. The second-order valence-electron chi connectivity index (χ2n) is 5.60. The third kappa shape index (κ3) is 4.98. The molecular weight excluding hydrogens is 371 g/mol. The Hall–Kier alpha value is -2.54. The average Bonchev–Trinajstić information content (AvgIpc) is 2.56.